The van der Waals surface area contributed by atoms with E-state index in [9.17, 15) is 9.90 Å². The van der Waals surface area contributed by atoms with Crippen LogP contribution in [0.5, 0.6) is 0 Å². The van der Waals surface area contributed by atoms with Crippen molar-refractivity contribution in [1.82, 2.24) is 29.5 Å². The molecule has 0 radical (unpaired) electrons. The summed E-state index contributed by atoms with van der Waals surface area (Å²) < 4.78 is 1.74. The number of fused-ring (bicyclic) bond motifs is 2. The second kappa shape index (κ2) is 14.1. The predicted octanol–water partition coefficient (Wildman–Crippen LogP) is 5.70. The zero-order valence-electron chi connectivity index (χ0n) is 27.4. The maximum atomic E-state index is 12.4. The number of amides is 1. The second-order valence-electron chi connectivity index (χ2n) is 12.6. The van der Waals surface area contributed by atoms with Gasteiger partial charge in [0.2, 0.25) is 17.8 Å². The topological polar surface area (TPSA) is 133 Å². The monoisotopic (exact) mass is 621 g/mol. The van der Waals surface area contributed by atoms with Gasteiger partial charge >= 0.3 is 0 Å². The molecule has 3 aromatic heterocycles. The fourth-order valence-corrected chi connectivity index (χ4v) is 5.08. The van der Waals surface area contributed by atoms with Crippen molar-refractivity contribution in [2.45, 2.75) is 52.2 Å². The van der Waals surface area contributed by atoms with Crippen LogP contribution in [0.2, 0.25) is 0 Å². The Hall–Kier alpha value is -4.87. The first-order chi connectivity index (χ1) is 22.0. The SMILES string of the molecule is CC(C)c1cnn2c(NCc3ccccc3-c3nccc4cc(NC(=O)/C=C/CN(C)C)ccc34)nc(NCCC(C)(C)O)nc12. The van der Waals surface area contributed by atoms with Crippen molar-refractivity contribution in [3.8, 4) is 11.3 Å². The van der Waals surface area contributed by atoms with E-state index in [0.717, 1.165) is 44.5 Å². The van der Waals surface area contributed by atoms with E-state index in [4.69, 9.17) is 15.0 Å². The molecule has 46 heavy (non-hydrogen) atoms. The fourth-order valence-electron chi connectivity index (χ4n) is 5.08. The molecule has 1 amide bonds. The Morgan fingerprint density at radius 3 is 2.65 bits per heavy atom. The molecule has 0 aliphatic rings. The standard InChI is InChI=1S/C35H43N9O2/c1-23(2)29-22-39-44-32(29)41-33(37-18-16-35(3,4)46)42-34(44)38-21-25-10-7-8-11-27(25)31-28-14-13-26(20-24(28)15-17-36-31)40-30(45)12-9-19-43(5)6/h7-15,17,20,22-23,46H,16,18-19,21H2,1-6H3,(H,40,45)(H2,37,38,41,42)/b12-9+. The highest BCUT2D eigenvalue weighted by Gasteiger charge is 2.18. The molecule has 0 fully saturated rings. The first-order valence-corrected chi connectivity index (χ1v) is 15.5. The molecule has 2 aromatic carbocycles. The summed E-state index contributed by atoms with van der Waals surface area (Å²) in [5.41, 5.74) is 4.55. The number of likely N-dealkylation sites (N-methyl/N-ethyl adjacent to an activating group) is 1. The third-order valence-electron chi connectivity index (χ3n) is 7.52. The van der Waals surface area contributed by atoms with Crippen LogP contribution in [0.15, 0.2) is 73.1 Å². The summed E-state index contributed by atoms with van der Waals surface area (Å²) >= 11 is 0. The van der Waals surface area contributed by atoms with Crippen molar-refractivity contribution in [3.05, 3.63) is 84.2 Å². The Morgan fingerprint density at radius 2 is 1.89 bits per heavy atom. The van der Waals surface area contributed by atoms with Crippen LogP contribution in [0.4, 0.5) is 17.6 Å². The van der Waals surface area contributed by atoms with E-state index in [-0.39, 0.29) is 11.8 Å². The quantitative estimate of drug-likeness (QED) is 0.122. The molecule has 0 saturated heterocycles. The molecule has 5 aromatic rings. The van der Waals surface area contributed by atoms with E-state index in [1.165, 1.54) is 0 Å². The lowest BCUT2D eigenvalue weighted by Crippen LogP contribution is -2.23. The Labute approximate surface area is 269 Å². The largest absolute Gasteiger partial charge is 0.390 e. The highest BCUT2D eigenvalue weighted by atomic mass is 16.3. The lowest BCUT2D eigenvalue weighted by molar-refractivity contribution is -0.111. The van der Waals surface area contributed by atoms with Gasteiger partial charge in [0.1, 0.15) is 0 Å². The van der Waals surface area contributed by atoms with Crippen LogP contribution < -0.4 is 16.0 Å². The molecule has 240 valence electrons. The van der Waals surface area contributed by atoms with Crippen LogP contribution in [0.25, 0.3) is 27.7 Å². The van der Waals surface area contributed by atoms with Crippen LogP contribution in [-0.2, 0) is 11.3 Å². The Morgan fingerprint density at radius 1 is 1.09 bits per heavy atom. The summed E-state index contributed by atoms with van der Waals surface area (Å²) in [5, 5.41) is 26.4. The molecule has 0 saturated carbocycles. The average Bonchev–Trinajstić information content (AvgIpc) is 3.43. The number of aromatic nitrogens is 5. The summed E-state index contributed by atoms with van der Waals surface area (Å²) in [4.78, 5) is 28.7. The van der Waals surface area contributed by atoms with Crippen LogP contribution >= 0.6 is 0 Å². The number of nitrogens with zero attached hydrogens (tertiary/aromatic N) is 6. The number of aliphatic hydroxyl groups is 1. The second-order valence-corrected chi connectivity index (χ2v) is 12.6. The summed E-state index contributed by atoms with van der Waals surface area (Å²) in [7, 11) is 3.91. The van der Waals surface area contributed by atoms with Gasteiger partial charge in [0.15, 0.2) is 5.65 Å². The smallest absolute Gasteiger partial charge is 0.248 e. The lowest BCUT2D eigenvalue weighted by Gasteiger charge is -2.17. The molecule has 11 heteroatoms. The number of hydrogen-bond acceptors (Lipinski definition) is 9. The zero-order valence-corrected chi connectivity index (χ0v) is 27.4. The minimum atomic E-state index is -0.796. The maximum Gasteiger partial charge on any atom is 0.248 e. The van der Waals surface area contributed by atoms with Crippen molar-refractivity contribution in [2.75, 3.05) is 43.1 Å². The van der Waals surface area contributed by atoms with E-state index >= 15 is 0 Å². The molecule has 0 aliphatic carbocycles. The number of carbonyl (C=O) groups is 1. The number of benzene rings is 2. The number of rotatable bonds is 13. The van der Waals surface area contributed by atoms with Crippen molar-refractivity contribution in [2.24, 2.45) is 0 Å². The van der Waals surface area contributed by atoms with Gasteiger partial charge in [-0.15, -0.1) is 0 Å². The first kappa shape index (κ1) is 32.5. The van der Waals surface area contributed by atoms with Crippen molar-refractivity contribution in [1.29, 1.82) is 0 Å². The summed E-state index contributed by atoms with van der Waals surface area (Å²) in [6.07, 6.45) is 7.57. The number of nitrogens with one attached hydrogen (secondary N) is 3. The molecular formula is C35H43N9O2. The van der Waals surface area contributed by atoms with Gasteiger partial charge in [0.25, 0.3) is 0 Å². The minimum absolute atomic E-state index is 0.168. The molecule has 5 rings (SSSR count). The van der Waals surface area contributed by atoms with Gasteiger partial charge in [-0.2, -0.15) is 19.6 Å². The average molecular weight is 622 g/mol. The van der Waals surface area contributed by atoms with Crippen LogP contribution in [0.3, 0.4) is 0 Å². The van der Waals surface area contributed by atoms with Gasteiger partial charge in [-0.3, -0.25) is 9.78 Å². The van der Waals surface area contributed by atoms with Gasteiger partial charge < -0.3 is 26.0 Å². The summed E-state index contributed by atoms with van der Waals surface area (Å²) in [5.74, 6) is 1.10. The summed E-state index contributed by atoms with van der Waals surface area (Å²) in [6, 6.07) is 16.0. The molecule has 11 nitrogen and oxygen atoms in total. The third-order valence-corrected chi connectivity index (χ3v) is 7.52. The molecule has 0 atom stereocenters. The highest BCUT2D eigenvalue weighted by Crippen LogP contribution is 2.31. The van der Waals surface area contributed by atoms with Crippen LogP contribution in [-0.4, -0.2) is 73.3 Å². The molecule has 3 heterocycles. The van der Waals surface area contributed by atoms with Gasteiger partial charge in [-0.25, -0.2) is 0 Å². The van der Waals surface area contributed by atoms with Crippen molar-refractivity contribution >= 4 is 39.9 Å². The predicted molar refractivity (Wildman–Crippen MR) is 185 cm³/mol. The molecule has 0 aliphatic heterocycles. The van der Waals surface area contributed by atoms with Gasteiger partial charge in [-0.05, 0) is 69.4 Å². The third kappa shape index (κ3) is 8.04. The zero-order chi connectivity index (χ0) is 32.8. The Kier molecular flexibility index (Phi) is 9.93. The molecular weight excluding hydrogens is 578 g/mol. The van der Waals surface area contributed by atoms with Crippen LogP contribution in [0.1, 0.15) is 51.2 Å². The summed E-state index contributed by atoms with van der Waals surface area (Å²) in [6.45, 7) is 9.48. The molecule has 0 bridgehead atoms. The molecule has 0 spiro atoms. The number of hydrogen-bond donors (Lipinski definition) is 4. The van der Waals surface area contributed by atoms with E-state index in [1.807, 2.05) is 67.7 Å². The van der Waals surface area contributed by atoms with Gasteiger partial charge in [-0.1, -0.05) is 50.3 Å². The number of anilines is 3. The number of pyridine rings is 1. The molecule has 4 N–H and O–H groups in total. The van der Waals surface area contributed by atoms with Gasteiger partial charge in [0, 0.05) is 54.1 Å². The van der Waals surface area contributed by atoms with Gasteiger partial charge in [0.05, 0.1) is 17.5 Å². The van der Waals surface area contributed by atoms with Crippen LogP contribution in [0, 0.1) is 0 Å². The Bertz CT molecular complexity index is 1850. The van der Waals surface area contributed by atoms with Crippen molar-refractivity contribution in [3.63, 3.8) is 0 Å². The maximum absolute atomic E-state index is 12.4. The first-order valence-electron chi connectivity index (χ1n) is 15.5. The fraction of sp³-hybridized carbons (Fsp3) is 0.343. The van der Waals surface area contributed by atoms with E-state index < -0.39 is 5.60 Å². The Balaban J connectivity index is 1.41. The minimum Gasteiger partial charge on any atom is -0.390 e. The number of carbonyl (C=O) groups excluding carboxylic acids is 1. The van der Waals surface area contributed by atoms with E-state index in [0.29, 0.717) is 38.0 Å². The lowest BCUT2D eigenvalue weighted by atomic mass is 9.99. The van der Waals surface area contributed by atoms with Crippen molar-refractivity contribution < 1.29 is 9.90 Å². The molecule has 0 unspecified atom stereocenters. The normalized spacial score (nSPS) is 12.1. The van der Waals surface area contributed by atoms with E-state index in [1.54, 1.807) is 30.6 Å². The highest BCUT2D eigenvalue weighted by molar-refractivity contribution is 6.02. The van der Waals surface area contributed by atoms with E-state index in [2.05, 4.69) is 47.0 Å².